The summed E-state index contributed by atoms with van der Waals surface area (Å²) in [6.07, 6.45) is -7.45. The quantitative estimate of drug-likeness (QED) is 0.527. The summed E-state index contributed by atoms with van der Waals surface area (Å²) in [6.45, 7) is 1.93. The third-order valence-electron chi connectivity index (χ3n) is 3.94. The van der Waals surface area contributed by atoms with Crippen LogP contribution in [0.25, 0.3) is 11.4 Å². The van der Waals surface area contributed by atoms with Gasteiger partial charge in [-0.15, -0.1) is 0 Å². The van der Waals surface area contributed by atoms with Gasteiger partial charge in [-0.3, -0.25) is 0 Å². The molecule has 2 aromatic rings. The van der Waals surface area contributed by atoms with Gasteiger partial charge in [-0.2, -0.15) is 31.3 Å². The van der Waals surface area contributed by atoms with Crippen molar-refractivity contribution in [1.29, 1.82) is 0 Å². The molecule has 1 aliphatic heterocycles. The van der Waals surface area contributed by atoms with E-state index in [4.69, 9.17) is 14.6 Å². The summed E-state index contributed by atoms with van der Waals surface area (Å²) in [4.78, 5) is 16.2. The van der Waals surface area contributed by atoms with Crippen molar-refractivity contribution in [3.05, 3.63) is 24.2 Å². The molecule has 1 saturated heterocycles. The van der Waals surface area contributed by atoms with E-state index in [0.717, 1.165) is 24.0 Å². The van der Waals surface area contributed by atoms with Crippen molar-refractivity contribution in [2.24, 2.45) is 0 Å². The number of likely N-dealkylation sites (N-methyl/N-ethyl adjacent to an activating group) is 1. The minimum absolute atomic E-state index is 0.0883. The van der Waals surface area contributed by atoms with Crippen molar-refractivity contribution in [2.75, 3.05) is 27.2 Å². The second kappa shape index (κ2) is 8.45. The fraction of sp³-hybridized carbons (Fsp3) is 0.500. The number of hydrogen-bond acceptors (Lipinski definition) is 7. The van der Waals surface area contributed by atoms with Gasteiger partial charge in [0, 0.05) is 24.2 Å². The SMILES string of the molecule is C[N+]1(C)CC[C@@H](Oc2ccc(-c3noc(C(F)(F)F)n3)cn2)C1.O=C([O-])C(F)(F)F. The summed E-state index contributed by atoms with van der Waals surface area (Å²) in [5.74, 6) is -4.11. The molecule has 2 aromatic heterocycles. The van der Waals surface area contributed by atoms with Crippen LogP contribution in [0.5, 0.6) is 5.88 Å². The Hall–Kier alpha value is -2.90. The molecule has 0 bridgehead atoms. The number of halogens is 6. The van der Waals surface area contributed by atoms with Crippen LogP contribution >= 0.6 is 0 Å². The number of aliphatic carboxylic acids is 1. The first kappa shape index (κ1) is 23.4. The van der Waals surface area contributed by atoms with Crippen LogP contribution in [0.3, 0.4) is 0 Å². The van der Waals surface area contributed by atoms with Crippen LogP contribution < -0.4 is 9.84 Å². The summed E-state index contributed by atoms with van der Waals surface area (Å²) in [5, 5.41) is 12.1. The molecule has 8 nitrogen and oxygen atoms in total. The maximum absolute atomic E-state index is 12.4. The molecule has 0 saturated carbocycles. The molecule has 14 heteroatoms. The minimum atomic E-state index is -5.19. The van der Waals surface area contributed by atoms with Gasteiger partial charge in [-0.05, 0) is 6.07 Å². The second-order valence-electron chi connectivity index (χ2n) is 6.96. The Bertz CT molecular complexity index is 864. The Morgan fingerprint density at radius 3 is 2.27 bits per heavy atom. The molecule has 166 valence electrons. The van der Waals surface area contributed by atoms with Crippen molar-refractivity contribution >= 4 is 5.97 Å². The summed E-state index contributed by atoms with van der Waals surface area (Å²) in [7, 11) is 4.27. The van der Waals surface area contributed by atoms with Gasteiger partial charge < -0.3 is 23.6 Å². The summed E-state index contributed by atoms with van der Waals surface area (Å²) < 4.78 is 79.7. The second-order valence-corrected chi connectivity index (χ2v) is 6.96. The van der Waals surface area contributed by atoms with E-state index in [2.05, 4.69) is 33.7 Å². The number of carbonyl (C=O) groups excluding carboxylic acids is 1. The first-order valence-electron chi connectivity index (χ1n) is 8.31. The average Bonchev–Trinajstić information content (AvgIpc) is 3.22. The number of pyridine rings is 1. The third-order valence-corrected chi connectivity index (χ3v) is 3.94. The van der Waals surface area contributed by atoms with Gasteiger partial charge in [0.05, 0.1) is 20.6 Å². The van der Waals surface area contributed by atoms with Gasteiger partial charge in [-0.25, -0.2) is 4.98 Å². The van der Waals surface area contributed by atoms with E-state index in [0.29, 0.717) is 11.4 Å². The van der Waals surface area contributed by atoms with E-state index in [1.807, 2.05) is 0 Å². The number of carboxylic acids is 1. The monoisotopic (exact) mass is 442 g/mol. The summed E-state index contributed by atoms with van der Waals surface area (Å²) >= 11 is 0. The molecule has 0 radical (unpaired) electrons. The highest BCUT2D eigenvalue weighted by molar-refractivity contribution is 5.70. The van der Waals surface area contributed by atoms with Crippen LogP contribution in [0.2, 0.25) is 0 Å². The van der Waals surface area contributed by atoms with E-state index in [-0.39, 0.29) is 11.9 Å². The van der Waals surface area contributed by atoms with Gasteiger partial charge in [-0.1, -0.05) is 5.16 Å². The number of hydrogen-bond donors (Lipinski definition) is 0. The van der Waals surface area contributed by atoms with Gasteiger partial charge in [0.2, 0.25) is 11.7 Å². The van der Waals surface area contributed by atoms with Crippen molar-refractivity contribution in [1.82, 2.24) is 15.1 Å². The number of ether oxygens (including phenoxy) is 1. The number of aromatic nitrogens is 3. The first-order valence-corrected chi connectivity index (χ1v) is 8.31. The Kier molecular flexibility index (Phi) is 6.59. The van der Waals surface area contributed by atoms with Crippen LogP contribution in [-0.2, 0) is 11.0 Å². The number of quaternary nitrogens is 1. The molecule has 0 spiro atoms. The number of carboxylic acid groups (broad SMARTS) is 1. The van der Waals surface area contributed by atoms with Crippen LogP contribution in [0.1, 0.15) is 12.3 Å². The van der Waals surface area contributed by atoms with Crippen LogP contribution in [-0.4, -0.2) is 65.0 Å². The van der Waals surface area contributed by atoms with E-state index in [1.165, 1.54) is 6.20 Å². The topological polar surface area (TPSA) is 101 Å². The number of likely N-dealkylation sites (tertiary alicyclic amines) is 1. The van der Waals surface area contributed by atoms with Crippen LogP contribution in [0.15, 0.2) is 22.9 Å². The predicted octanol–water partition coefficient (Wildman–Crippen LogP) is 1.68. The highest BCUT2D eigenvalue weighted by atomic mass is 19.4. The van der Waals surface area contributed by atoms with E-state index in [9.17, 15) is 26.3 Å². The molecule has 1 aliphatic rings. The Balaban J connectivity index is 0.000000396. The van der Waals surface area contributed by atoms with Gasteiger partial charge in [0.15, 0.2) is 6.10 Å². The maximum atomic E-state index is 12.4. The molecule has 30 heavy (non-hydrogen) atoms. The smallest absolute Gasteiger partial charge is 0.471 e. The maximum Gasteiger partial charge on any atom is 0.471 e. The summed E-state index contributed by atoms with van der Waals surface area (Å²) in [6, 6.07) is 3.15. The number of alkyl halides is 6. The molecule has 1 atom stereocenters. The Labute approximate surface area is 165 Å². The summed E-state index contributed by atoms with van der Waals surface area (Å²) in [5.41, 5.74) is 0.333. The van der Waals surface area contributed by atoms with Crippen molar-refractivity contribution in [3.8, 4) is 17.3 Å². The Morgan fingerprint density at radius 1 is 1.23 bits per heavy atom. The zero-order valence-corrected chi connectivity index (χ0v) is 15.6. The fourth-order valence-electron chi connectivity index (χ4n) is 2.53. The molecule has 3 rings (SSSR count). The fourth-order valence-corrected chi connectivity index (χ4v) is 2.53. The predicted molar refractivity (Wildman–Crippen MR) is 84.5 cm³/mol. The minimum Gasteiger partial charge on any atom is -0.542 e. The molecular formula is C16H16F6N4O4. The van der Waals surface area contributed by atoms with Gasteiger partial charge in [0.1, 0.15) is 12.5 Å². The molecule has 0 unspecified atom stereocenters. The van der Waals surface area contributed by atoms with E-state index in [1.54, 1.807) is 12.1 Å². The lowest BCUT2D eigenvalue weighted by atomic mass is 10.2. The van der Waals surface area contributed by atoms with E-state index >= 15 is 0 Å². The molecule has 3 heterocycles. The number of nitrogens with zero attached hydrogens (tertiary/aromatic N) is 4. The number of rotatable bonds is 3. The molecular weight excluding hydrogens is 426 g/mol. The lowest BCUT2D eigenvalue weighted by Gasteiger charge is -2.23. The van der Waals surface area contributed by atoms with Crippen molar-refractivity contribution in [3.63, 3.8) is 0 Å². The first-order chi connectivity index (χ1) is 13.7. The van der Waals surface area contributed by atoms with E-state index < -0.39 is 24.2 Å². The lowest BCUT2D eigenvalue weighted by molar-refractivity contribution is -0.879. The molecule has 0 amide bonds. The van der Waals surface area contributed by atoms with Gasteiger partial charge >= 0.3 is 18.2 Å². The molecule has 1 fully saturated rings. The van der Waals surface area contributed by atoms with Crippen LogP contribution in [0.4, 0.5) is 26.3 Å². The largest absolute Gasteiger partial charge is 0.542 e. The van der Waals surface area contributed by atoms with Crippen molar-refractivity contribution in [2.45, 2.75) is 24.9 Å². The normalized spacial score (nSPS) is 18.5. The molecule has 0 aliphatic carbocycles. The third kappa shape index (κ3) is 6.57. The number of carbonyl (C=O) groups is 1. The zero-order chi connectivity index (χ0) is 22.7. The van der Waals surface area contributed by atoms with Crippen molar-refractivity contribution < 1.29 is 50.0 Å². The molecule has 0 N–H and O–H groups in total. The highest BCUT2D eigenvalue weighted by Crippen LogP contribution is 2.29. The standard InChI is InChI=1S/C14H16F3N4O2.C2HF3O2/c1-21(2)6-5-10(8-21)22-11-4-3-9(7-18-11)12-19-13(23-20-12)14(15,16)17;3-2(4,5)1(6)7/h3-4,7,10H,5-6,8H2,1-2H3;(H,6,7)/q+1;/p-1/t10-;/m1./s1. The zero-order valence-electron chi connectivity index (χ0n) is 15.6. The Morgan fingerprint density at radius 2 is 1.87 bits per heavy atom. The lowest BCUT2D eigenvalue weighted by Crippen LogP contribution is -2.38. The average molecular weight is 442 g/mol. The highest BCUT2D eigenvalue weighted by Gasteiger charge is 2.38. The molecule has 0 aromatic carbocycles. The van der Waals surface area contributed by atoms with Crippen LogP contribution in [0, 0.1) is 0 Å². The van der Waals surface area contributed by atoms with Gasteiger partial charge in [0.25, 0.3) is 0 Å².